The molecule has 5 rings (SSSR count). The molecule has 0 atom stereocenters. The summed E-state index contributed by atoms with van der Waals surface area (Å²) >= 11 is 0. The predicted molar refractivity (Wildman–Crippen MR) is 115 cm³/mol. The van der Waals surface area contributed by atoms with Gasteiger partial charge in [-0.05, 0) is 66.8 Å². The lowest BCUT2D eigenvalue weighted by molar-refractivity contribution is 0.483. The van der Waals surface area contributed by atoms with Gasteiger partial charge in [0, 0.05) is 5.56 Å². The second-order valence-corrected chi connectivity index (χ2v) is 7.47. The predicted octanol–water partition coefficient (Wildman–Crippen LogP) is 5.72. The van der Waals surface area contributed by atoms with Crippen LogP contribution in [-0.2, 0) is 0 Å². The maximum Gasteiger partial charge on any atom is 0.153 e. The number of para-hydroxylation sites is 1. The third-order valence-corrected chi connectivity index (χ3v) is 5.57. The summed E-state index contributed by atoms with van der Waals surface area (Å²) in [6, 6.07) is 19.9. The molecule has 144 valence electrons. The molecule has 1 saturated carbocycles. The van der Waals surface area contributed by atoms with Crippen molar-refractivity contribution in [2.45, 2.75) is 31.6 Å². The lowest BCUT2D eigenvalue weighted by Gasteiger charge is -2.15. The van der Waals surface area contributed by atoms with E-state index < -0.39 is 0 Å². The number of rotatable bonds is 4. The topological polar surface area (TPSA) is 73.9 Å². The molecule has 29 heavy (non-hydrogen) atoms. The lowest BCUT2D eigenvalue weighted by atomic mass is 9.95. The summed E-state index contributed by atoms with van der Waals surface area (Å²) in [6.45, 7) is 0. The van der Waals surface area contributed by atoms with E-state index in [4.69, 9.17) is 15.5 Å². The molecule has 0 bridgehead atoms. The van der Waals surface area contributed by atoms with Gasteiger partial charge in [-0.2, -0.15) is 0 Å². The first-order chi connectivity index (χ1) is 14.3. The van der Waals surface area contributed by atoms with Crippen molar-refractivity contribution in [1.82, 2.24) is 15.0 Å². The Bertz CT molecular complexity index is 1140. The van der Waals surface area contributed by atoms with E-state index in [9.17, 15) is 0 Å². The van der Waals surface area contributed by atoms with Crippen LogP contribution >= 0.6 is 0 Å². The average molecular weight is 382 g/mol. The van der Waals surface area contributed by atoms with Crippen LogP contribution in [0.5, 0.6) is 11.5 Å². The van der Waals surface area contributed by atoms with Crippen LogP contribution in [0.4, 0.5) is 5.82 Å². The average Bonchev–Trinajstić information content (AvgIpc) is 3.30. The number of fused-ring (bicyclic) bond motifs is 1. The van der Waals surface area contributed by atoms with Crippen molar-refractivity contribution in [1.29, 1.82) is 0 Å². The van der Waals surface area contributed by atoms with Crippen LogP contribution in [0, 0.1) is 0 Å². The van der Waals surface area contributed by atoms with Gasteiger partial charge in [0.2, 0.25) is 0 Å². The van der Waals surface area contributed by atoms with Crippen LogP contribution in [0.1, 0.15) is 37.2 Å². The Morgan fingerprint density at radius 3 is 2.31 bits per heavy atom. The number of aromatic nitrogens is 3. The summed E-state index contributed by atoms with van der Waals surface area (Å²) in [5, 5.41) is 0. The monoisotopic (exact) mass is 382 g/mol. The van der Waals surface area contributed by atoms with Crippen molar-refractivity contribution in [3.63, 3.8) is 0 Å². The van der Waals surface area contributed by atoms with Gasteiger partial charge in [0.25, 0.3) is 0 Å². The fourth-order valence-electron chi connectivity index (χ4n) is 4.10. The van der Waals surface area contributed by atoms with E-state index in [1.54, 1.807) is 0 Å². The SMILES string of the molecule is Nc1ncnc2c(C3CCCC3)cc(-c3ccc(Oc4ccccc4)cc3)nc12. The van der Waals surface area contributed by atoms with Crippen molar-refractivity contribution >= 4 is 16.9 Å². The summed E-state index contributed by atoms with van der Waals surface area (Å²) in [4.78, 5) is 13.5. The number of anilines is 1. The highest BCUT2D eigenvalue weighted by Gasteiger charge is 2.22. The van der Waals surface area contributed by atoms with Gasteiger partial charge >= 0.3 is 0 Å². The molecule has 1 aliphatic rings. The smallest absolute Gasteiger partial charge is 0.153 e. The molecule has 0 spiro atoms. The number of nitrogens with zero attached hydrogens (tertiary/aromatic N) is 3. The molecule has 0 amide bonds. The number of nitrogen functional groups attached to an aromatic ring is 1. The minimum absolute atomic E-state index is 0.431. The van der Waals surface area contributed by atoms with Gasteiger partial charge in [-0.1, -0.05) is 31.0 Å². The molecule has 5 nitrogen and oxygen atoms in total. The minimum atomic E-state index is 0.431. The Morgan fingerprint density at radius 2 is 1.55 bits per heavy atom. The largest absolute Gasteiger partial charge is 0.457 e. The van der Waals surface area contributed by atoms with E-state index in [-0.39, 0.29) is 0 Å². The highest BCUT2D eigenvalue weighted by Crippen LogP contribution is 2.39. The first-order valence-corrected chi connectivity index (χ1v) is 10.0. The molecule has 0 radical (unpaired) electrons. The second-order valence-electron chi connectivity index (χ2n) is 7.47. The van der Waals surface area contributed by atoms with Gasteiger partial charge in [0.1, 0.15) is 23.3 Å². The first-order valence-electron chi connectivity index (χ1n) is 10.0. The third kappa shape index (κ3) is 3.51. The molecule has 0 unspecified atom stereocenters. The maximum absolute atomic E-state index is 6.15. The molecule has 2 aromatic carbocycles. The van der Waals surface area contributed by atoms with Gasteiger partial charge in [0.15, 0.2) is 5.82 Å². The van der Waals surface area contributed by atoms with Crippen molar-refractivity contribution in [2.24, 2.45) is 0 Å². The zero-order valence-electron chi connectivity index (χ0n) is 16.1. The molecule has 2 heterocycles. The summed E-state index contributed by atoms with van der Waals surface area (Å²) in [5.74, 6) is 2.55. The number of ether oxygens (including phenoxy) is 1. The maximum atomic E-state index is 6.15. The lowest BCUT2D eigenvalue weighted by Crippen LogP contribution is -2.02. The fraction of sp³-hybridized carbons (Fsp3) is 0.208. The van der Waals surface area contributed by atoms with Crippen LogP contribution in [0.15, 0.2) is 67.0 Å². The summed E-state index contributed by atoms with van der Waals surface area (Å²) in [7, 11) is 0. The van der Waals surface area contributed by atoms with E-state index in [0.29, 0.717) is 17.3 Å². The number of benzene rings is 2. The van der Waals surface area contributed by atoms with Crippen molar-refractivity contribution in [3.8, 4) is 22.8 Å². The Hall–Kier alpha value is -3.47. The normalized spacial score (nSPS) is 14.3. The van der Waals surface area contributed by atoms with E-state index >= 15 is 0 Å². The number of pyridine rings is 1. The molecular weight excluding hydrogens is 360 g/mol. The molecule has 0 aliphatic heterocycles. The van der Waals surface area contributed by atoms with Crippen molar-refractivity contribution < 1.29 is 4.74 Å². The minimum Gasteiger partial charge on any atom is -0.457 e. The Morgan fingerprint density at radius 1 is 0.828 bits per heavy atom. The van der Waals surface area contributed by atoms with Crippen LogP contribution in [0.3, 0.4) is 0 Å². The highest BCUT2D eigenvalue weighted by atomic mass is 16.5. The Balaban J connectivity index is 1.53. The van der Waals surface area contributed by atoms with Gasteiger partial charge in [-0.25, -0.2) is 15.0 Å². The Kier molecular flexibility index (Phi) is 4.56. The van der Waals surface area contributed by atoms with Crippen molar-refractivity contribution in [2.75, 3.05) is 5.73 Å². The van der Waals surface area contributed by atoms with Gasteiger partial charge in [-0.15, -0.1) is 0 Å². The van der Waals surface area contributed by atoms with E-state index in [0.717, 1.165) is 28.3 Å². The van der Waals surface area contributed by atoms with Crippen molar-refractivity contribution in [3.05, 3.63) is 72.6 Å². The molecule has 1 fully saturated rings. The Labute approximate surface area is 169 Å². The first kappa shape index (κ1) is 17.6. The summed E-state index contributed by atoms with van der Waals surface area (Å²) < 4.78 is 5.90. The molecule has 2 N–H and O–H groups in total. The molecule has 0 saturated heterocycles. The summed E-state index contributed by atoms with van der Waals surface area (Å²) in [6.07, 6.45) is 6.43. The molecular formula is C24H22N4O. The van der Waals surface area contributed by atoms with Gasteiger partial charge in [0.05, 0.1) is 11.2 Å². The van der Waals surface area contributed by atoms with Crippen LogP contribution < -0.4 is 10.5 Å². The van der Waals surface area contributed by atoms with Gasteiger partial charge in [-0.3, -0.25) is 0 Å². The quantitative estimate of drug-likeness (QED) is 0.488. The zero-order valence-corrected chi connectivity index (χ0v) is 16.1. The zero-order chi connectivity index (χ0) is 19.6. The third-order valence-electron chi connectivity index (χ3n) is 5.57. The van der Waals surface area contributed by atoms with Crippen LogP contribution in [0.2, 0.25) is 0 Å². The van der Waals surface area contributed by atoms with Gasteiger partial charge < -0.3 is 10.5 Å². The summed E-state index contributed by atoms with van der Waals surface area (Å²) in [5.41, 5.74) is 10.9. The molecule has 4 aromatic rings. The van der Waals surface area contributed by atoms with Crippen LogP contribution in [-0.4, -0.2) is 15.0 Å². The van der Waals surface area contributed by atoms with E-state index in [1.165, 1.54) is 37.6 Å². The van der Waals surface area contributed by atoms with E-state index in [1.807, 2.05) is 54.6 Å². The number of hydrogen-bond donors (Lipinski definition) is 1. The molecule has 1 aliphatic carbocycles. The standard InChI is InChI=1S/C24H22N4O/c25-24-23-22(26-15-27-24)20(16-6-4-5-7-16)14-21(28-23)17-10-12-19(13-11-17)29-18-8-2-1-3-9-18/h1-3,8-16H,4-7H2,(H2,25,26,27). The fourth-order valence-corrected chi connectivity index (χ4v) is 4.10. The second kappa shape index (κ2) is 7.51. The number of hydrogen-bond acceptors (Lipinski definition) is 5. The van der Waals surface area contributed by atoms with Crippen LogP contribution in [0.25, 0.3) is 22.3 Å². The highest BCUT2D eigenvalue weighted by molar-refractivity contribution is 5.89. The van der Waals surface area contributed by atoms with E-state index in [2.05, 4.69) is 16.0 Å². The number of nitrogens with two attached hydrogens (primary N) is 1. The molecule has 5 heteroatoms. The molecule has 2 aromatic heterocycles.